The fourth-order valence-corrected chi connectivity index (χ4v) is 3.41. The van der Waals surface area contributed by atoms with Crippen molar-refractivity contribution in [2.45, 2.75) is 18.4 Å². The van der Waals surface area contributed by atoms with Crippen molar-refractivity contribution in [2.75, 3.05) is 14.1 Å². The zero-order valence-corrected chi connectivity index (χ0v) is 15.5. The summed E-state index contributed by atoms with van der Waals surface area (Å²) >= 11 is 0. The first-order valence-electron chi connectivity index (χ1n) is 7.91. The fraction of sp³-hybridized carbons (Fsp3) is 0.235. The first kappa shape index (κ1) is 18.0. The molecule has 9 heteroatoms. The van der Waals surface area contributed by atoms with Crippen LogP contribution >= 0.6 is 0 Å². The molecule has 2 heterocycles. The number of aromatic nitrogens is 3. The Balaban J connectivity index is 1.84. The minimum Gasteiger partial charge on any atom is -0.345 e. The van der Waals surface area contributed by atoms with Crippen LogP contribution in [0.3, 0.4) is 0 Å². The van der Waals surface area contributed by atoms with Crippen molar-refractivity contribution >= 4 is 21.6 Å². The van der Waals surface area contributed by atoms with Gasteiger partial charge in [-0.05, 0) is 36.8 Å². The molecule has 0 saturated carbocycles. The highest BCUT2D eigenvalue weighted by Gasteiger charge is 2.20. The lowest BCUT2D eigenvalue weighted by Crippen LogP contribution is -2.26. The Morgan fingerprint density at radius 1 is 1.19 bits per heavy atom. The van der Waals surface area contributed by atoms with E-state index in [1.807, 2.05) is 24.4 Å². The molecule has 0 radical (unpaired) electrons. The maximum Gasteiger partial charge on any atom is 0.251 e. The number of nitrogens with one attached hydrogen (secondary N) is 1. The third kappa shape index (κ3) is 3.31. The third-order valence-corrected chi connectivity index (χ3v) is 5.83. The lowest BCUT2D eigenvalue weighted by Gasteiger charge is -2.13. The van der Waals surface area contributed by atoms with Gasteiger partial charge in [0.1, 0.15) is 0 Å². The molecule has 1 amide bonds. The van der Waals surface area contributed by atoms with Gasteiger partial charge in [0.05, 0.1) is 11.4 Å². The van der Waals surface area contributed by atoms with Crippen LogP contribution in [0.4, 0.5) is 0 Å². The molecule has 8 nitrogen and oxygen atoms in total. The molecule has 0 aliphatic rings. The first-order chi connectivity index (χ1) is 12.3. The zero-order valence-electron chi connectivity index (χ0n) is 14.7. The fourth-order valence-electron chi connectivity index (χ4n) is 2.48. The second-order valence-corrected chi connectivity index (χ2v) is 8.14. The average molecular weight is 373 g/mol. The number of hydrogen-bond donors (Lipinski definition) is 1. The van der Waals surface area contributed by atoms with E-state index in [2.05, 4.69) is 15.5 Å². The SMILES string of the molecule is Cc1ccc(S(=O)(=O)N(C)C)cc1C(=O)NCc1nnc2ccccn12. The molecule has 0 aliphatic carbocycles. The van der Waals surface area contributed by atoms with E-state index >= 15 is 0 Å². The first-order valence-corrected chi connectivity index (χ1v) is 9.35. The van der Waals surface area contributed by atoms with Crippen LogP contribution in [0.2, 0.25) is 0 Å². The van der Waals surface area contributed by atoms with Crippen LogP contribution in [0, 0.1) is 6.92 Å². The molecular weight excluding hydrogens is 354 g/mol. The minimum atomic E-state index is -3.61. The van der Waals surface area contributed by atoms with E-state index in [0.717, 1.165) is 4.31 Å². The Morgan fingerprint density at radius 2 is 1.96 bits per heavy atom. The predicted octanol–water partition coefficient (Wildman–Crippen LogP) is 1.22. The van der Waals surface area contributed by atoms with Gasteiger partial charge in [0.25, 0.3) is 5.91 Å². The van der Waals surface area contributed by atoms with Gasteiger partial charge in [0.2, 0.25) is 10.0 Å². The van der Waals surface area contributed by atoms with Gasteiger partial charge in [-0.25, -0.2) is 12.7 Å². The van der Waals surface area contributed by atoms with E-state index < -0.39 is 10.0 Å². The topological polar surface area (TPSA) is 96.7 Å². The highest BCUT2D eigenvalue weighted by molar-refractivity contribution is 7.89. The molecule has 1 aromatic carbocycles. The van der Waals surface area contributed by atoms with E-state index in [1.54, 1.807) is 17.4 Å². The smallest absolute Gasteiger partial charge is 0.251 e. The van der Waals surface area contributed by atoms with E-state index in [0.29, 0.717) is 22.6 Å². The number of hydrogen-bond acceptors (Lipinski definition) is 5. The number of rotatable bonds is 5. The predicted molar refractivity (Wildman–Crippen MR) is 96.2 cm³/mol. The summed E-state index contributed by atoms with van der Waals surface area (Å²) in [6.07, 6.45) is 1.81. The Labute approximate surface area is 151 Å². The quantitative estimate of drug-likeness (QED) is 0.725. The monoisotopic (exact) mass is 373 g/mol. The molecule has 0 aliphatic heterocycles. The van der Waals surface area contributed by atoms with Crippen LogP contribution in [0.25, 0.3) is 5.65 Å². The number of sulfonamides is 1. The summed E-state index contributed by atoms with van der Waals surface area (Å²) < 4.78 is 27.5. The summed E-state index contributed by atoms with van der Waals surface area (Å²) in [5.74, 6) is 0.217. The average Bonchev–Trinajstić information content (AvgIpc) is 3.03. The number of aryl methyl sites for hydroxylation is 1. The van der Waals surface area contributed by atoms with Gasteiger partial charge in [0.15, 0.2) is 11.5 Å². The van der Waals surface area contributed by atoms with Crippen molar-refractivity contribution in [1.82, 2.24) is 24.2 Å². The number of benzene rings is 1. The van der Waals surface area contributed by atoms with Gasteiger partial charge in [-0.2, -0.15) is 0 Å². The number of carbonyl (C=O) groups is 1. The van der Waals surface area contributed by atoms with Gasteiger partial charge >= 0.3 is 0 Å². The molecule has 0 atom stereocenters. The molecular formula is C17H19N5O3S. The van der Waals surface area contributed by atoms with Crippen LogP contribution < -0.4 is 5.32 Å². The molecule has 0 saturated heterocycles. The summed E-state index contributed by atoms with van der Waals surface area (Å²) in [6.45, 7) is 1.93. The number of pyridine rings is 1. The maximum absolute atomic E-state index is 12.6. The lowest BCUT2D eigenvalue weighted by molar-refractivity contribution is 0.0949. The van der Waals surface area contributed by atoms with Crippen LogP contribution in [-0.2, 0) is 16.6 Å². The maximum atomic E-state index is 12.6. The van der Waals surface area contributed by atoms with Gasteiger partial charge in [-0.1, -0.05) is 12.1 Å². The minimum absolute atomic E-state index is 0.0752. The van der Waals surface area contributed by atoms with Gasteiger partial charge in [-0.3, -0.25) is 9.20 Å². The normalized spacial score (nSPS) is 11.8. The number of amides is 1. The van der Waals surface area contributed by atoms with Crippen LogP contribution in [-0.4, -0.2) is 47.3 Å². The lowest BCUT2D eigenvalue weighted by atomic mass is 10.1. The van der Waals surface area contributed by atoms with Crippen LogP contribution in [0.1, 0.15) is 21.7 Å². The molecule has 2 aromatic heterocycles. The summed E-state index contributed by atoms with van der Waals surface area (Å²) in [4.78, 5) is 12.6. The van der Waals surface area contributed by atoms with Crippen molar-refractivity contribution in [1.29, 1.82) is 0 Å². The summed E-state index contributed by atoms with van der Waals surface area (Å²) in [7, 11) is -0.710. The molecule has 3 aromatic rings. The largest absolute Gasteiger partial charge is 0.345 e. The third-order valence-electron chi connectivity index (χ3n) is 4.02. The number of carbonyl (C=O) groups excluding carboxylic acids is 1. The molecule has 3 rings (SSSR count). The summed E-state index contributed by atoms with van der Waals surface area (Å²) in [5, 5.41) is 10.9. The van der Waals surface area contributed by atoms with Crippen molar-refractivity contribution in [2.24, 2.45) is 0 Å². The zero-order chi connectivity index (χ0) is 18.9. The van der Waals surface area contributed by atoms with Crippen molar-refractivity contribution in [3.8, 4) is 0 Å². The molecule has 136 valence electrons. The Hall–Kier alpha value is -2.78. The molecule has 1 N–H and O–H groups in total. The van der Waals surface area contributed by atoms with E-state index in [4.69, 9.17) is 0 Å². The highest BCUT2D eigenvalue weighted by Crippen LogP contribution is 2.18. The molecule has 0 spiro atoms. The van der Waals surface area contributed by atoms with Crippen molar-refractivity contribution < 1.29 is 13.2 Å². The van der Waals surface area contributed by atoms with Crippen molar-refractivity contribution in [3.05, 3.63) is 59.5 Å². The van der Waals surface area contributed by atoms with E-state index in [-0.39, 0.29) is 17.3 Å². The van der Waals surface area contributed by atoms with E-state index in [1.165, 1.54) is 26.2 Å². The van der Waals surface area contributed by atoms with Gasteiger partial charge < -0.3 is 5.32 Å². The summed E-state index contributed by atoms with van der Waals surface area (Å²) in [5.41, 5.74) is 1.68. The Kier molecular flexibility index (Phi) is 4.75. The van der Waals surface area contributed by atoms with Gasteiger partial charge in [0, 0.05) is 25.9 Å². The Morgan fingerprint density at radius 3 is 2.69 bits per heavy atom. The second-order valence-electron chi connectivity index (χ2n) is 5.99. The molecule has 26 heavy (non-hydrogen) atoms. The van der Waals surface area contributed by atoms with Crippen LogP contribution in [0.5, 0.6) is 0 Å². The van der Waals surface area contributed by atoms with Crippen LogP contribution in [0.15, 0.2) is 47.5 Å². The highest BCUT2D eigenvalue weighted by atomic mass is 32.2. The number of nitrogens with zero attached hydrogens (tertiary/aromatic N) is 4. The Bertz CT molecular complexity index is 1070. The van der Waals surface area contributed by atoms with Crippen molar-refractivity contribution in [3.63, 3.8) is 0 Å². The molecule has 0 unspecified atom stereocenters. The number of fused-ring (bicyclic) bond motifs is 1. The van der Waals surface area contributed by atoms with Gasteiger partial charge in [-0.15, -0.1) is 10.2 Å². The molecule has 0 fully saturated rings. The van der Waals surface area contributed by atoms with E-state index in [9.17, 15) is 13.2 Å². The standard InChI is InChI=1S/C17H19N5O3S/c1-12-7-8-13(26(24,25)21(2)3)10-14(12)17(23)18-11-16-20-19-15-6-4-5-9-22(15)16/h4-10H,11H2,1-3H3,(H,18,23). The summed E-state index contributed by atoms with van der Waals surface area (Å²) in [6, 6.07) is 10.0. The molecule has 0 bridgehead atoms. The second kappa shape index (κ2) is 6.85.